The first-order valence-corrected chi connectivity index (χ1v) is 11.6. The van der Waals surface area contributed by atoms with E-state index in [1.54, 1.807) is 0 Å². The average molecular weight is 458 g/mol. The number of hydrogen-bond acceptors (Lipinski definition) is 6. The molecule has 0 aliphatic carbocycles. The van der Waals surface area contributed by atoms with Crippen LogP contribution in [0.25, 0.3) is 11.1 Å². The minimum Gasteiger partial charge on any atom is -0.470 e. The highest BCUT2D eigenvalue weighted by Gasteiger charge is 2.21. The fourth-order valence-corrected chi connectivity index (χ4v) is 4.21. The van der Waals surface area contributed by atoms with Crippen molar-refractivity contribution in [3.63, 3.8) is 0 Å². The summed E-state index contributed by atoms with van der Waals surface area (Å²) in [6, 6.07) is 16.3. The van der Waals surface area contributed by atoms with Gasteiger partial charge in [0.2, 0.25) is 5.88 Å². The van der Waals surface area contributed by atoms with Crippen LogP contribution in [0.3, 0.4) is 0 Å². The molecule has 0 bridgehead atoms. The Balaban J connectivity index is 1.35. The van der Waals surface area contributed by atoms with Gasteiger partial charge in [0, 0.05) is 36.6 Å². The number of benzene rings is 2. The van der Waals surface area contributed by atoms with Gasteiger partial charge >= 0.3 is 0 Å². The van der Waals surface area contributed by atoms with E-state index in [-0.39, 0.29) is 6.10 Å². The smallest absolute Gasteiger partial charge is 0.237 e. The third-order valence-corrected chi connectivity index (χ3v) is 6.14. The molecule has 0 radical (unpaired) electrons. The molecular formula is C26H28N5OP. The zero-order chi connectivity index (χ0) is 23.2. The van der Waals surface area contributed by atoms with Crippen molar-refractivity contribution < 1.29 is 4.74 Å². The van der Waals surface area contributed by atoms with E-state index in [0.717, 1.165) is 54.1 Å². The van der Waals surface area contributed by atoms with Gasteiger partial charge in [-0.15, -0.1) is 8.86 Å². The molecule has 6 nitrogen and oxygen atoms in total. The first-order chi connectivity index (χ1) is 16.1. The molecule has 4 rings (SSSR count). The molecule has 168 valence electrons. The van der Waals surface area contributed by atoms with Gasteiger partial charge in [-0.3, -0.25) is 0 Å². The van der Waals surface area contributed by atoms with Gasteiger partial charge < -0.3 is 20.7 Å². The molecule has 0 spiro atoms. The molecule has 3 N–H and O–H groups in total. The van der Waals surface area contributed by atoms with Gasteiger partial charge in [0.05, 0.1) is 23.9 Å². The monoisotopic (exact) mass is 457 g/mol. The van der Waals surface area contributed by atoms with E-state index < -0.39 is 0 Å². The zero-order valence-corrected chi connectivity index (χ0v) is 19.9. The molecule has 0 amide bonds. The Morgan fingerprint density at radius 3 is 2.82 bits per heavy atom. The number of pyridine rings is 1. The van der Waals surface area contributed by atoms with Crippen molar-refractivity contribution in [2.45, 2.75) is 19.4 Å². The minimum atomic E-state index is 0.0165. The van der Waals surface area contributed by atoms with Gasteiger partial charge in [-0.2, -0.15) is 5.26 Å². The molecule has 1 atom stereocenters. The lowest BCUT2D eigenvalue weighted by molar-refractivity contribution is 0.194. The number of hydrogen-bond donors (Lipinski definition) is 3. The molecule has 0 saturated heterocycles. The van der Waals surface area contributed by atoms with E-state index in [2.05, 4.69) is 61.0 Å². The topological polar surface area (TPSA) is 82.0 Å². The zero-order valence-electron chi connectivity index (χ0n) is 18.9. The Morgan fingerprint density at radius 1 is 1.27 bits per heavy atom. The van der Waals surface area contributed by atoms with Crippen LogP contribution in [0.1, 0.15) is 22.3 Å². The third-order valence-electron chi connectivity index (χ3n) is 5.83. The highest BCUT2D eigenvalue weighted by molar-refractivity contribution is 7.19. The molecule has 2 heterocycles. The summed E-state index contributed by atoms with van der Waals surface area (Å²) in [6.07, 6.45) is 2.80. The number of rotatable bonds is 8. The van der Waals surface area contributed by atoms with Crippen LogP contribution in [0.15, 0.2) is 48.7 Å². The molecular weight excluding hydrogens is 429 g/mol. The lowest BCUT2D eigenvalue weighted by Gasteiger charge is -2.27. The Bertz CT molecular complexity index is 1190. The molecule has 2 aromatic carbocycles. The fraction of sp³-hybridized carbons (Fsp3) is 0.269. The maximum Gasteiger partial charge on any atom is 0.237 e. The van der Waals surface area contributed by atoms with E-state index in [1.165, 1.54) is 11.1 Å². The Labute approximate surface area is 197 Å². The largest absolute Gasteiger partial charge is 0.470 e. The van der Waals surface area contributed by atoms with Crippen LogP contribution in [-0.2, 0) is 6.42 Å². The fourth-order valence-electron chi connectivity index (χ4n) is 3.97. The van der Waals surface area contributed by atoms with E-state index >= 15 is 0 Å². The molecule has 3 aromatic rings. The van der Waals surface area contributed by atoms with Crippen molar-refractivity contribution in [3.05, 3.63) is 70.9 Å². The summed E-state index contributed by atoms with van der Waals surface area (Å²) in [7, 11) is 5.44. The number of nitriles is 1. The summed E-state index contributed by atoms with van der Waals surface area (Å²) >= 11 is 0. The first kappa shape index (κ1) is 22.8. The maximum absolute atomic E-state index is 8.89. The van der Waals surface area contributed by atoms with Crippen LogP contribution >= 0.6 is 8.86 Å². The van der Waals surface area contributed by atoms with E-state index in [0.29, 0.717) is 11.4 Å². The molecule has 7 heteroatoms. The second kappa shape index (κ2) is 10.5. The Morgan fingerprint density at radius 2 is 2.09 bits per heavy atom. The van der Waals surface area contributed by atoms with Crippen molar-refractivity contribution in [1.82, 2.24) is 10.3 Å². The van der Waals surface area contributed by atoms with Crippen molar-refractivity contribution in [2.24, 2.45) is 0 Å². The van der Waals surface area contributed by atoms with Crippen LogP contribution in [-0.4, -0.2) is 43.6 Å². The Hall–Kier alpha value is -3.39. The van der Waals surface area contributed by atoms with Gasteiger partial charge in [0.1, 0.15) is 6.10 Å². The van der Waals surface area contributed by atoms with Crippen molar-refractivity contribution in [1.29, 1.82) is 5.26 Å². The number of aryl methyl sites for hydroxylation is 1. The summed E-state index contributed by atoms with van der Waals surface area (Å²) in [6.45, 7) is 4.41. The number of ether oxygens (including phenoxy) is 1. The van der Waals surface area contributed by atoms with Crippen molar-refractivity contribution in [2.75, 3.05) is 37.3 Å². The predicted octanol–water partition coefficient (Wildman–Crippen LogP) is 4.27. The highest BCUT2D eigenvalue weighted by Crippen LogP contribution is 2.34. The van der Waals surface area contributed by atoms with Gasteiger partial charge in [-0.05, 0) is 72.7 Å². The quantitative estimate of drug-likeness (QED) is 0.346. The van der Waals surface area contributed by atoms with E-state index in [9.17, 15) is 0 Å². The lowest BCUT2D eigenvalue weighted by Crippen LogP contribution is -2.40. The van der Waals surface area contributed by atoms with Crippen LogP contribution < -0.4 is 20.7 Å². The summed E-state index contributed by atoms with van der Waals surface area (Å²) in [5.74, 6) is 2.56. The lowest BCUT2D eigenvalue weighted by atomic mass is 9.98. The number of anilines is 2. The molecule has 1 aliphatic rings. The van der Waals surface area contributed by atoms with Gasteiger partial charge in [0.15, 0.2) is 0 Å². The van der Waals surface area contributed by atoms with Crippen LogP contribution in [0.5, 0.6) is 5.88 Å². The first-order valence-electron chi connectivity index (χ1n) is 11.0. The number of fused-ring (bicyclic) bond motifs is 1. The molecule has 1 aliphatic heterocycles. The number of nitrogens with one attached hydrogen (secondary N) is 3. The molecule has 0 fully saturated rings. The summed E-state index contributed by atoms with van der Waals surface area (Å²) in [5, 5.41) is 19.1. The van der Waals surface area contributed by atoms with E-state index in [1.807, 2.05) is 43.3 Å². The minimum absolute atomic E-state index is 0.0165. The van der Waals surface area contributed by atoms with E-state index in [4.69, 9.17) is 10.00 Å². The second-order valence-corrected chi connectivity index (χ2v) is 8.40. The van der Waals surface area contributed by atoms with Gasteiger partial charge in [0.25, 0.3) is 0 Å². The van der Waals surface area contributed by atoms with Crippen LogP contribution in [0.4, 0.5) is 11.4 Å². The Kier molecular flexibility index (Phi) is 7.24. The molecule has 0 unspecified atom stereocenters. The molecule has 1 aromatic heterocycles. The van der Waals surface area contributed by atoms with Crippen LogP contribution in [0.2, 0.25) is 0 Å². The highest BCUT2D eigenvalue weighted by atomic mass is 31.0. The standard InChI is InChI=1S/C26H28N5OP/c1-17-9-24(28-2)21(16-33)10-23(17)20-11-25-26(31-13-20)32-22(15-30-25)14-29-8-7-18-3-5-19(12-27)6-4-18/h3-6,9-11,13,16,22,28-30,33H,7-8,14-15H2,1-2H3/t22-/m1/s1. The molecule has 33 heavy (non-hydrogen) atoms. The number of nitrogens with zero attached hydrogens (tertiary/aromatic N) is 2. The summed E-state index contributed by atoms with van der Waals surface area (Å²) < 4.78 is 6.12. The second-order valence-electron chi connectivity index (χ2n) is 8.11. The van der Waals surface area contributed by atoms with Gasteiger partial charge in [-0.1, -0.05) is 12.1 Å². The SMILES string of the molecule is CNc1cc(C)c(-c2cnc3c(c2)NC[C@@H](CNCCc2ccc(C#N)cc2)O3)cc1C=P. The van der Waals surface area contributed by atoms with Crippen molar-refractivity contribution >= 4 is 26.0 Å². The number of aromatic nitrogens is 1. The average Bonchev–Trinajstić information content (AvgIpc) is 2.86. The predicted molar refractivity (Wildman–Crippen MR) is 138 cm³/mol. The normalized spacial score (nSPS) is 14.4. The summed E-state index contributed by atoms with van der Waals surface area (Å²) in [4.78, 5) is 4.60. The van der Waals surface area contributed by atoms with Gasteiger partial charge in [-0.25, -0.2) is 4.98 Å². The summed E-state index contributed by atoms with van der Waals surface area (Å²) in [5.41, 5.74) is 8.36. The molecule has 0 saturated carbocycles. The maximum atomic E-state index is 8.89. The van der Waals surface area contributed by atoms with Crippen molar-refractivity contribution in [3.8, 4) is 23.1 Å². The van der Waals surface area contributed by atoms with Crippen LogP contribution in [0, 0.1) is 18.3 Å². The third kappa shape index (κ3) is 5.34.